The third-order valence-electron chi connectivity index (χ3n) is 3.31. The van der Waals surface area contributed by atoms with Gasteiger partial charge >= 0.3 is 0 Å². The van der Waals surface area contributed by atoms with E-state index < -0.39 is 0 Å². The maximum absolute atomic E-state index is 4.55. The minimum Gasteiger partial charge on any atom is -0.356 e. The molecule has 0 radical (unpaired) electrons. The molecule has 0 amide bonds. The SMILES string of the molecule is CCc1nc(CNC(=NC)NCC(C)Cc2cccs2)cs1.I. The third kappa shape index (κ3) is 7.17. The van der Waals surface area contributed by atoms with Crippen molar-refractivity contribution in [3.63, 3.8) is 0 Å². The maximum atomic E-state index is 4.55. The monoisotopic (exact) mass is 464 g/mol. The van der Waals surface area contributed by atoms with E-state index in [4.69, 9.17) is 0 Å². The molecular formula is C16H25IN4S2. The van der Waals surface area contributed by atoms with Crippen molar-refractivity contribution in [1.29, 1.82) is 0 Å². The van der Waals surface area contributed by atoms with Crippen molar-refractivity contribution < 1.29 is 0 Å². The van der Waals surface area contributed by atoms with E-state index in [0.29, 0.717) is 5.92 Å². The molecular weight excluding hydrogens is 439 g/mol. The molecule has 0 spiro atoms. The Labute approximate surface area is 163 Å². The summed E-state index contributed by atoms with van der Waals surface area (Å²) in [5, 5.41) is 12.1. The Morgan fingerprint density at radius 1 is 1.35 bits per heavy atom. The molecule has 0 aromatic carbocycles. The summed E-state index contributed by atoms with van der Waals surface area (Å²) in [5.41, 5.74) is 1.08. The van der Waals surface area contributed by atoms with Gasteiger partial charge in [0, 0.05) is 23.8 Å². The van der Waals surface area contributed by atoms with Crippen molar-refractivity contribution in [2.45, 2.75) is 33.2 Å². The zero-order chi connectivity index (χ0) is 15.8. The highest BCUT2D eigenvalue weighted by atomic mass is 127. The number of aryl methyl sites for hydroxylation is 1. The summed E-state index contributed by atoms with van der Waals surface area (Å²) in [5.74, 6) is 1.41. The lowest BCUT2D eigenvalue weighted by atomic mass is 10.1. The fourth-order valence-corrected chi connectivity index (χ4v) is 3.72. The molecule has 0 bridgehead atoms. The zero-order valence-electron chi connectivity index (χ0n) is 13.8. The summed E-state index contributed by atoms with van der Waals surface area (Å²) in [6.45, 7) is 6.02. The summed E-state index contributed by atoms with van der Waals surface area (Å²) in [7, 11) is 1.80. The highest BCUT2D eigenvalue weighted by Gasteiger charge is 2.07. The second-order valence-electron chi connectivity index (χ2n) is 5.28. The molecule has 2 heterocycles. The number of thiophene rings is 1. The number of halogens is 1. The van der Waals surface area contributed by atoms with E-state index in [2.05, 4.69) is 57.4 Å². The van der Waals surface area contributed by atoms with Gasteiger partial charge in [-0.3, -0.25) is 4.99 Å². The standard InChI is InChI=1S/C16H24N4S2.HI/c1-4-15-20-13(11-22-15)10-19-16(17-3)18-9-12(2)8-14-6-5-7-21-14;/h5-7,11-12H,4,8-10H2,1-3H3,(H2,17,18,19);1H. The van der Waals surface area contributed by atoms with Gasteiger partial charge in [-0.05, 0) is 30.2 Å². The van der Waals surface area contributed by atoms with Crippen molar-refractivity contribution in [2.24, 2.45) is 10.9 Å². The maximum Gasteiger partial charge on any atom is 0.191 e. The predicted molar refractivity (Wildman–Crippen MR) is 112 cm³/mol. The van der Waals surface area contributed by atoms with Crippen LogP contribution in [-0.4, -0.2) is 24.5 Å². The van der Waals surface area contributed by atoms with E-state index in [9.17, 15) is 0 Å². The topological polar surface area (TPSA) is 49.3 Å². The van der Waals surface area contributed by atoms with Gasteiger partial charge in [0.2, 0.25) is 0 Å². The fourth-order valence-electron chi connectivity index (χ4n) is 2.10. The molecule has 1 atom stereocenters. The number of rotatable bonds is 7. The van der Waals surface area contributed by atoms with E-state index in [1.165, 1.54) is 9.88 Å². The highest BCUT2D eigenvalue weighted by molar-refractivity contribution is 14.0. The van der Waals surface area contributed by atoms with Crippen molar-refractivity contribution >= 4 is 52.6 Å². The lowest BCUT2D eigenvalue weighted by Crippen LogP contribution is -2.39. The van der Waals surface area contributed by atoms with E-state index in [1.807, 2.05) is 11.3 Å². The molecule has 0 aliphatic rings. The first-order valence-corrected chi connectivity index (χ1v) is 9.37. The van der Waals surface area contributed by atoms with Gasteiger partial charge in [0.1, 0.15) is 0 Å². The third-order valence-corrected chi connectivity index (χ3v) is 5.25. The molecule has 4 nitrogen and oxygen atoms in total. The first-order chi connectivity index (χ1) is 10.7. The molecule has 2 N–H and O–H groups in total. The fraction of sp³-hybridized carbons (Fsp3) is 0.500. The number of hydrogen-bond donors (Lipinski definition) is 2. The van der Waals surface area contributed by atoms with Gasteiger partial charge in [0.15, 0.2) is 5.96 Å². The first kappa shape index (κ1) is 20.4. The molecule has 7 heteroatoms. The zero-order valence-corrected chi connectivity index (χ0v) is 17.8. The van der Waals surface area contributed by atoms with Crippen LogP contribution in [0.4, 0.5) is 0 Å². The molecule has 2 aromatic heterocycles. The quantitative estimate of drug-likeness (QED) is 0.371. The van der Waals surface area contributed by atoms with Gasteiger partial charge in [-0.1, -0.05) is 19.9 Å². The minimum absolute atomic E-state index is 0. The number of nitrogens with zero attached hydrogens (tertiary/aromatic N) is 2. The Hall–Kier alpha value is -0.670. The minimum atomic E-state index is 0. The highest BCUT2D eigenvalue weighted by Crippen LogP contribution is 2.13. The van der Waals surface area contributed by atoms with Crippen molar-refractivity contribution in [3.05, 3.63) is 38.5 Å². The van der Waals surface area contributed by atoms with Crippen LogP contribution in [0.15, 0.2) is 27.9 Å². The first-order valence-electron chi connectivity index (χ1n) is 7.61. The summed E-state index contributed by atoms with van der Waals surface area (Å²) in [6.07, 6.45) is 2.10. The summed E-state index contributed by atoms with van der Waals surface area (Å²) < 4.78 is 0. The Morgan fingerprint density at radius 2 is 2.17 bits per heavy atom. The number of aromatic nitrogens is 1. The molecule has 2 rings (SSSR count). The van der Waals surface area contributed by atoms with Gasteiger partial charge < -0.3 is 10.6 Å². The van der Waals surface area contributed by atoms with Crippen LogP contribution < -0.4 is 10.6 Å². The Bertz CT molecular complexity index is 581. The van der Waals surface area contributed by atoms with Crippen LogP contribution in [0.2, 0.25) is 0 Å². The van der Waals surface area contributed by atoms with Gasteiger partial charge in [-0.25, -0.2) is 4.98 Å². The number of guanidine groups is 1. The van der Waals surface area contributed by atoms with Crippen molar-refractivity contribution in [1.82, 2.24) is 15.6 Å². The lowest BCUT2D eigenvalue weighted by molar-refractivity contribution is 0.562. The summed E-state index contributed by atoms with van der Waals surface area (Å²) in [6, 6.07) is 4.31. The number of thiazole rings is 1. The Kier molecular flexibility index (Phi) is 9.73. The van der Waals surface area contributed by atoms with Gasteiger partial charge in [0.25, 0.3) is 0 Å². The number of aliphatic imine (C=N–C) groups is 1. The molecule has 128 valence electrons. The van der Waals surface area contributed by atoms with Crippen molar-refractivity contribution in [3.8, 4) is 0 Å². The molecule has 0 fully saturated rings. The molecule has 2 aromatic rings. The lowest BCUT2D eigenvalue weighted by Gasteiger charge is -2.15. The Morgan fingerprint density at radius 3 is 2.78 bits per heavy atom. The smallest absolute Gasteiger partial charge is 0.191 e. The van der Waals surface area contributed by atoms with Crippen LogP contribution in [0, 0.1) is 5.92 Å². The van der Waals surface area contributed by atoms with E-state index >= 15 is 0 Å². The largest absolute Gasteiger partial charge is 0.356 e. The molecule has 1 unspecified atom stereocenters. The summed E-state index contributed by atoms with van der Waals surface area (Å²) >= 11 is 3.54. The Balaban J connectivity index is 0.00000264. The molecule has 0 aliphatic heterocycles. The predicted octanol–water partition coefficient (Wildman–Crippen LogP) is 3.93. The summed E-state index contributed by atoms with van der Waals surface area (Å²) in [4.78, 5) is 10.3. The van der Waals surface area contributed by atoms with E-state index in [0.717, 1.165) is 37.6 Å². The van der Waals surface area contributed by atoms with Gasteiger partial charge in [-0.15, -0.1) is 46.7 Å². The van der Waals surface area contributed by atoms with Crippen LogP contribution >= 0.6 is 46.7 Å². The van der Waals surface area contributed by atoms with Gasteiger partial charge in [-0.2, -0.15) is 0 Å². The number of hydrogen-bond acceptors (Lipinski definition) is 4. The van der Waals surface area contributed by atoms with Gasteiger partial charge in [0.05, 0.1) is 17.2 Å². The van der Waals surface area contributed by atoms with Crippen LogP contribution in [-0.2, 0) is 19.4 Å². The average molecular weight is 464 g/mol. The van der Waals surface area contributed by atoms with Crippen LogP contribution in [0.25, 0.3) is 0 Å². The van der Waals surface area contributed by atoms with E-state index in [-0.39, 0.29) is 24.0 Å². The van der Waals surface area contributed by atoms with E-state index in [1.54, 1.807) is 18.4 Å². The average Bonchev–Trinajstić information content (AvgIpc) is 3.18. The normalized spacial score (nSPS) is 12.6. The molecule has 0 saturated carbocycles. The molecule has 23 heavy (non-hydrogen) atoms. The van der Waals surface area contributed by atoms with Crippen LogP contribution in [0.5, 0.6) is 0 Å². The number of nitrogens with one attached hydrogen (secondary N) is 2. The van der Waals surface area contributed by atoms with Crippen molar-refractivity contribution in [2.75, 3.05) is 13.6 Å². The van der Waals surface area contributed by atoms with Crippen LogP contribution in [0.3, 0.4) is 0 Å². The second-order valence-corrected chi connectivity index (χ2v) is 7.26. The second kappa shape index (κ2) is 11.0. The molecule has 0 aliphatic carbocycles. The van der Waals surface area contributed by atoms with Crippen LogP contribution in [0.1, 0.15) is 29.4 Å². The molecule has 0 saturated heterocycles.